The Bertz CT molecular complexity index is 1020. The zero-order valence-electron chi connectivity index (χ0n) is 16.6. The van der Waals surface area contributed by atoms with Gasteiger partial charge in [0.1, 0.15) is 11.4 Å². The number of hydrogen-bond acceptors (Lipinski definition) is 10. The summed E-state index contributed by atoms with van der Waals surface area (Å²) in [5.41, 5.74) is -0.880. The van der Waals surface area contributed by atoms with E-state index in [1.54, 1.807) is 13.8 Å². The number of amides is 1. The van der Waals surface area contributed by atoms with Crippen LogP contribution in [0.1, 0.15) is 34.8 Å². The predicted molar refractivity (Wildman–Crippen MR) is 103 cm³/mol. The first kappa shape index (κ1) is 23.0. The highest BCUT2D eigenvalue weighted by molar-refractivity contribution is 6.04. The first-order valence-electron chi connectivity index (χ1n) is 8.69. The smallest absolute Gasteiger partial charge is 0.356 e. The third kappa shape index (κ3) is 6.09. The topological polar surface area (TPSA) is 180 Å². The standard InChI is InChI=1S/C18H18N4O9/c1-9(2)31-17-13(22(27)28)7-6-10(20-17)15(25)19-11-4-5-12(18(26)29-3)21-16(11)30-8-14(23)24/h4-7,9H,8H2,1-3H3,(H,19,25)(H,23,24). The monoisotopic (exact) mass is 434 g/mol. The van der Waals surface area contributed by atoms with E-state index >= 15 is 0 Å². The Balaban J connectivity index is 2.36. The number of carboxylic acid groups (broad SMARTS) is 1. The van der Waals surface area contributed by atoms with E-state index in [0.29, 0.717) is 0 Å². The number of anilines is 1. The molecule has 13 nitrogen and oxygen atoms in total. The van der Waals surface area contributed by atoms with E-state index in [0.717, 1.165) is 19.2 Å². The summed E-state index contributed by atoms with van der Waals surface area (Å²) in [5, 5.41) is 22.4. The number of nitrogens with one attached hydrogen (secondary N) is 1. The lowest BCUT2D eigenvalue weighted by Gasteiger charge is -2.12. The lowest BCUT2D eigenvalue weighted by Crippen LogP contribution is -2.18. The molecular formula is C18H18N4O9. The summed E-state index contributed by atoms with van der Waals surface area (Å²) in [6.45, 7) is 2.49. The number of carbonyl (C=O) groups is 3. The molecule has 0 radical (unpaired) electrons. The van der Waals surface area contributed by atoms with Crippen molar-refractivity contribution in [2.45, 2.75) is 20.0 Å². The van der Waals surface area contributed by atoms with Gasteiger partial charge >= 0.3 is 17.6 Å². The quantitative estimate of drug-likeness (QED) is 0.333. The molecule has 0 aromatic carbocycles. The number of methoxy groups -OCH3 is 1. The molecular weight excluding hydrogens is 416 g/mol. The molecule has 0 fully saturated rings. The molecule has 0 saturated carbocycles. The molecule has 2 N–H and O–H groups in total. The largest absolute Gasteiger partial charge is 0.479 e. The Hall–Kier alpha value is -4.29. The van der Waals surface area contributed by atoms with Crippen LogP contribution in [0.15, 0.2) is 24.3 Å². The van der Waals surface area contributed by atoms with E-state index in [1.165, 1.54) is 12.1 Å². The number of hydrogen-bond donors (Lipinski definition) is 2. The van der Waals surface area contributed by atoms with Crippen LogP contribution in [-0.2, 0) is 9.53 Å². The first-order valence-corrected chi connectivity index (χ1v) is 8.69. The van der Waals surface area contributed by atoms with E-state index in [1.807, 2.05) is 0 Å². The highest BCUT2D eigenvalue weighted by Gasteiger charge is 2.22. The molecule has 2 rings (SSSR count). The maximum atomic E-state index is 12.6. The van der Waals surface area contributed by atoms with Gasteiger partial charge < -0.3 is 24.6 Å². The fourth-order valence-corrected chi connectivity index (χ4v) is 2.19. The number of nitrogens with zero attached hydrogens (tertiary/aromatic N) is 3. The summed E-state index contributed by atoms with van der Waals surface area (Å²) in [6, 6.07) is 4.67. The maximum absolute atomic E-state index is 12.6. The van der Waals surface area contributed by atoms with Crippen molar-refractivity contribution in [3.8, 4) is 11.8 Å². The number of ether oxygens (including phenoxy) is 3. The molecule has 164 valence electrons. The summed E-state index contributed by atoms with van der Waals surface area (Å²) < 4.78 is 14.9. The molecule has 0 spiro atoms. The van der Waals surface area contributed by atoms with Gasteiger partial charge in [-0.25, -0.2) is 19.6 Å². The SMILES string of the molecule is COC(=O)c1ccc(NC(=O)c2ccc([N+](=O)[O-])c(OC(C)C)n2)c(OCC(=O)O)n1. The Kier molecular flexibility index (Phi) is 7.38. The number of rotatable bonds is 9. The van der Waals surface area contributed by atoms with Crippen molar-refractivity contribution in [2.75, 3.05) is 19.0 Å². The Morgan fingerprint density at radius 3 is 2.35 bits per heavy atom. The van der Waals surface area contributed by atoms with Gasteiger partial charge in [-0.05, 0) is 32.0 Å². The van der Waals surface area contributed by atoms with Crippen LogP contribution >= 0.6 is 0 Å². The minimum atomic E-state index is -1.31. The molecule has 0 aliphatic heterocycles. The fourth-order valence-electron chi connectivity index (χ4n) is 2.19. The van der Waals surface area contributed by atoms with E-state index in [2.05, 4.69) is 20.0 Å². The van der Waals surface area contributed by atoms with Gasteiger partial charge in [0.05, 0.1) is 18.1 Å². The zero-order valence-corrected chi connectivity index (χ0v) is 16.6. The Morgan fingerprint density at radius 1 is 1.13 bits per heavy atom. The van der Waals surface area contributed by atoms with E-state index < -0.39 is 41.2 Å². The lowest BCUT2D eigenvalue weighted by atomic mass is 10.2. The first-order chi connectivity index (χ1) is 14.6. The highest BCUT2D eigenvalue weighted by atomic mass is 16.6. The van der Waals surface area contributed by atoms with Crippen molar-refractivity contribution in [2.24, 2.45) is 0 Å². The van der Waals surface area contributed by atoms with Crippen LogP contribution in [0.2, 0.25) is 0 Å². The van der Waals surface area contributed by atoms with Crippen LogP contribution < -0.4 is 14.8 Å². The van der Waals surface area contributed by atoms with Gasteiger partial charge in [-0.15, -0.1) is 0 Å². The van der Waals surface area contributed by atoms with Crippen LogP contribution in [0.5, 0.6) is 11.8 Å². The van der Waals surface area contributed by atoms with Gasteiger partial charge in [0.2, 0.25) is 5.88 Å². The van der Waals surface area contributed by atoms with Crippen LogP contribution in [0.4, 0.5) is 11.4 Å². The molecule has 0 aliphatic carbocycles. The third-order valence-corrected chi connectivity index (χ3v) is 3.45. The summed E-state index contributed by atoms with van der Waals surface area (Å²) in [4.78, 5) is 53.2. The Morgan fingerprint density at radius 2 is 1.77 bits per heavy atom. The summed E-state index contributed by atoms with van der Waals surface area (Å²) in [5.74, 6) is -3.61. The number of nitro groups is 1. The molecule has 2 aromatic rings. The number of carboxylic acids is 1. The molecule has 13 heteroatoms. The van der Waals surface area contributed by atoms with Crippen LogP contribution in [0.3, 0.4) is 0 Å². The van der Waals surface area contributed by atoms with Crippen LogP contribution in [-0.4, -0.2) is 57.7 Å². The second-order valence-electron chi connectivity index (χ2n) is 6.12. The second-order valence-corrected chi connectivity index (χ2v) is 6.12. The molecule has 0 unspecified atom stereocenters. The highest BCUT2D eigenvalue weighted by Crippen LogP contribution is 2.27. The maximum Gasteiger partial charge on any atom is 0.356 e. The molecule has 0 saturated heterocycles. The minimum Gasteiger partial charge on any atom is -0.479 e. The lowest BCUT2D eigenvalue weighted by molar-refractivity contribution is -0.386. The summed E-state index contributed by atoms with van der Waals surface area (Å²) in [6.07, 6.45) is -0.435. The molecule has 0 aliphatic rings. The van der Waals surface area contributed by atoms with Crippen LogP contribution in [0.25, 0.3) is 0 Å². The minimum absolute atomic E-state index is 0.0645. The van der Waals surface area contributed by atoms with Gasteiger partial charge in [-0.3, -0.25) is 14.9 Å². The average molecular weight is 434 g/mol. The summed E-state index contributed by atoms with van der Waals surface area (Å²) >= 11 is 0. The van der Waals surface area contributed by atoms with Crippen LogP contribution in [0, 0.1) is 10.1 Å². The second kappa shape index (κ2) is 9.96. The normalized spacial score (nSPS) is 10.3. The zero-order chi connectivity index (χ0) is 23.1. The van der Waals surface area contributed by atoms with E-state index in [-0.39, 0.29) is 28.8 Å². The molecule has 2 aromatic heterocycles. The molecule has 1 amide bonds. The van der Waals surface area contributed by atoms with Crippen molar-refractivity contribution in [1.29, 1.82) is 0 Å². The number of pyridine rings is 2. The van der Waals surface area contributed by atoms with Crippen molar-refractivity contribution in [1.82, 2.24) is 9.97 Å². The summed E-state index contributed by atoms with van der Waals surface area (Å²) in [7, 11) is 1.13. The number of esters is 1. The molecule has 0 bridgehead atoms. The number of carbonyl (C=O) groups excluding carboxylic acids is 2. The van der Waals surface area contributed by atoms with Gasteiger partial charge in [0.15, 0.2) is 12.3 Å². The Labute approximate surface area is 175 Å². The molecule has 2 heterocycles. The predicted octanol–water partition coefficient (Wildman–Crippen LogP) is 1.67. The average Bonchev–Trinajstić information content (AvgIpc) is 2.71. The number of aliphatic carboxylic acids is 1. The van der Waals surface area contributed by atoms with Gasteiger partial charge in [0, 0.05) is 6.07 Å². The van der Waals surface area contributed by atoms with E-state index in [9.17, 15) is 24.5 Å². The van der Waals surface area contributed by atoms with Crippen molar-refractivity contribution < 1.29 is 38.6 Å². The number of aromatic nitrogens is 2. The van der Waals surface area contributed by atoms with Crippen molar-refractivity contribution in [3.05, 3.63) is 45.8 Å². The fraction of sp³-hybridized carbons (Fsp3) is 0.278. The van der Waals surface area contributed by atoms with Gasteiger partial charge in [0.25, 0.3) is 11.8 Å². The third-order valence-electron chi connectivity index (χ3n) is 3.45. The van der Waals surface area contributed by atoms with Crippen molar-refractivity contribution in [3.63, 3.8) is 0 Å². The van der Waals surface area contributed by atoms with E-state index in [4.69, 9.17) is 14.6 Å². The van der Waals surface area contributed by atoms with Gasteiger partial charge in [-0.1, -0.05) is 0 Å². The molecule has 0 atom stereocenters. The van der Waals surface area contributed by atoms with Crippen molar-refractivity contribution >= 4 is 29.2 Å². The molecule has 31 heavy (non-hydrogen) atoms. The van der Waals surface area contributed by atoms with Gasteiger partial charge in [-0.2, -0.15) is 0 Å².